The normalized spacial score (nSPS) is 11.3. The number of carboxylic acid groups (broad SMARTS) is 1. The molecule has 24 heavy (non-hydrogen) atoms. The standard InChI is InChI=1S/C14H9Cl4NO4S/c15-8-4-5-9(16)12(6-8)24(22,23)19(7-13(20)21)14-10(17)2-1-3-11(14)18/h1-6H,7H2,(H,20,21). The zero-order valence-corrected chi connectivity index (χ0v) is 15.6. The first kappa shape index (κ1) is 19.1. The molecule has 1 N–H and O–H groups in total. The van der Waals surface area contributed by atoms with Crippen molar-refractivity contribution in [3.63, 3.8) is 0 Å². The van der Waals surface area contributed by atoms with Gasteiger partial charge in [0.15, 0.2) is 0 Å². The SMILES string of the molecule is O=C(O)CN(c1c(Cl)cccc1Cl)S(=O)(=O)c1cc(Cl)ccc1Cl. The predicted octanol–water partition coefficient (Wildman–Crippen LogP) is 4.58. The highest BCUT2D eigenvalue weighted by Crippen LogP contribution is 2.38. The van der Waals surface area contributed by atoms with Crippen molar-refractivity contribution in [1.82, 2.24) is 0 Å². The van der Waals surface area contributed by atoms with E-state index >= 15 is 0 Å². The Labute approximate surface area is 158 Å². The van der Waals surface area contributed by atoms with Crippen LogP contribution < -0.4 is 4.31 Å². The highest BCUT2D eigenvalue weighted by Gasteiger charge is 2.32. The molecule has 0 spiro atoms. The molecule has 0 aromatic heterocycles. The number of carbonyl (C=O) groups is 1. The van der Waals surface area contributed by atoms with Gasteiger partial charge >= 0.3 is 5.97 Å². The number of sulfonamides is 1. The number of benzene rings is 2. The number of carboxylic acids is 1. The van der Waals surface area contributed by atoms with E-state index in [1.54, 1.807) is 0 Å². The minimum absolute atomic E-state index is 0.0227. The van der Waals surface area contributed by atoms with Crippen LogP contribution >= 0.6 is 46.4 Å². The van der Waals surface area contributed by atoms with Crippen molar-refractivity contribution in [2.75, 3.05) is 10.8 Å². The monoisotopic (exact) mass is 427 g/mol. The third-order valence-electron chi connectivity index (χ3n) is 2.93. The van der Waals surface area contributed by atoms with E-state index < -0.39 is 22.5 Å². The summed E-state index contributed by atoms with van der Waals surface area (Å²) in [7, 11) is -4.38. The summed E-state index contributed by atoms with van der Waals surface area (Å²) in [6, 6.07) is 8.13. The van der Waals surface area contributed by atoms with Gasteiger partial charge < -0.3 is 5.11 Å². The van der Waals surface area contributed by atoms with Crippen LogP contribution in [0.4, 0.5) is 5.69 Å². The average Bonchev–Trinajstić information content (AvgIpc) is 2.48. The van der Waals surface area contributed by atoms with E-state index in [2.05, 4.69) is 0 Å². The Bertz CT molecular complexity index is 881. The summed E-state index contributed by atoms with van der Waals surface area (Å²) < 4.78 is 26.5. The van der Waals surface area contributed by atoms with Gasteiger partial charge in [-0.05, 0) is 30.3 Å². The molecule has 5 nitrogen and oxygen atoms in total. The van der Waals surface area contributed by atoms with Crippen molar-refractivity contribution in [1.29, 1.82) is 0 Å². The van der Waals surface area contributed by atoms with Gasteiger partial charge in [-0.1, -0.05) is 52.5 Å². The number of rotatable bonds is 5. The highest BCUT2D eigenvalue weighted by molar-refractivity contribution is 7.93. The Morgan fingerprint density at radius 2 is 1.58 bits per heavy atom. The van der Waals surface area contributed by atoms with Crippen LogP contribution in [0.2, 0.25) is 20.1 Å². The fourth-order valence-electron chi connectivity index (χ4n) is 1.93. The molecule has 0 heterocycles. The number of para-hydroxylation sites is 1. The topological polar surface area (TPSA) is 74.7 Å². The van der Waals surface area contributed by atoms with Crippen LogP contribution in [-0.2, 0) is 14.8 Å². The lowest BCUT2D eigenvalue weighted by Gasteiger charge is -2.25. The minimum atomic E-state index is -4.38. The van der Waals surface area contributed by atoms with Crippen molar-refractivity contribution in [2.45, 2.75) is 4.90 Å². The zero-order chi connectivity index (χ0) is 18.1. The molecule has 0 aliphatic carbocycles. The molecule has 0 saturated carbocycles. The lowest BCUT2D eigenvalue weighted by molar-refractivity contribution is -0.135. The Balaban J connectivity index is 2.72. The van der Waals surface area contributed by atoms with Gasteiger partial charge in [0, 0.05) is 5.02 Å². The lowest BCUT2D eigenvalue weighted by Crippen LogP contribution is -2.36. The van der Waals surface area contributed by atoms with Gasteiger partial charge in [-0.2, -0.15) is 0 Å². The third-order valence-corrected chi connectivity index (χ3v) is 6.00. The summed E-state index contributed by atoms with van der Waals surface area (Å²) in [5.74, 6) is -1.40. The number of hydrogen-bond donors (Lipinski definition) is 1. The van der Waals surface area contributed by atoms with Crippen molar-refractivity contribution >= 4 is 68.1 Å². The second-order valence-corrected chi connectivity index (χ2v) is 8.04. The number of halogens is 4. The average molecular weight is 429 g/mol. The van der Waals surface area contributed by atoms with E-state index in [1.807, 2.05) is 0 Å². The first-order valence-corrected chi connectivity index (χ1v) is 9.23. The predicted molar refractivity (Wildman–Crippen MR) is 95.1 cm³/mol. The highest BCUT2D eigenvalue weighted by atomic mass is 35.5. The molecule has 0 atom stereocenters. The number of hydrogen-bond acceptors (Lipinski definition) is 3. The molecule has 0 aliphatic heterocycles. The maximum Gasteiger partial charge on any atom is 0.324 e. The quantitative estimate of drug-likeness (QED) is 0.756. The molecule has 128 valence electrons. The number of aliphatic carboxylic acids is 1. The van der Waals surface area contributed by atoms with E-state index in [1.165, 1.54) is 30.3 Å². The Hall–Kier alpha value is -1.18. The molecule has 2 aromatic rings. The van der Waals surface area contributed by atoms with Crippen LogP contribution in [0.3, 0.4) is 0 Å². The maximum atomic E-state index is 12.9. The first-order valence-electron chi connectivity index (χ1n) is 6.28. The molecule has 0 saturated heterocycles. The Morgan fingerprint density at radius 1 is 1.00 bits per heavy atom. The Kier molecular flexibility index (Phi) is 5.88. The van der Waals surface area contributed by atoms with Crippen molar-refractivity contribution in [3.05, 3.63) is 56.5 Å². The summed E-state index contributed by atoms with van der Waals surface area (Å²) >= 11 is 23.8. The van der Waals surface area contributed by atoms with E-state index in [0.29, 0.717) is 4.31 Å². The van der Waals surface area contributed by atoms with Crippen molar-refractivity contribution < 1.29 is 18.3 Å². The van der Waals surface area contributed by atoms with E-state index in [-0.39, 0.29) is 30.7 Å². The lowest BCUT2D eigenvalue weighted by atomic mass is 10.3. The van der Waals surface area contributed by atoms with Gasteiger partial charge in [0.2, 0.25) is 0 Å². The van der Waals surface area contributed by atoms with Gasteiger partial charge in [-0.3, -0.25) is 9.10 Å². The van der Waals surface area contributed by atoms with Gasteiger partial charge in [0.25, 0.3) is 10.0 Å². The summed E-state index contributed by atoms with van der Waals surface area (Å²) in [5, 5.41) is 9.08. The maximum absolute atomic E-state index is 12.9. The van der Waals surface area contributed by atoms with Crippen LogP contribution in [0.15, 0.2) is 41.3 Å². The van der Waals surface area contributed by atoms with Crippen molar-refractivity contribution in [2.24, 2.45) is 0 Å². The van der Waals surface area contributed by atoms with Crippen molar-refractivity contribution in [3.8, 4) is 0 Å². The molecule has 0 radical (unpaired) electrons. The van der Waals surface area contributed by atoms with Crippen LogP contribution in [-0.4, -0.2) is 26.0 Å². The molecule has 2 rings (SSSR count). The smallest absolute Gasteiger partial charge is 0.324 e. The molecular formula is C14H9Cl4NO4S. The van der Waals surface area contributed by atoms with E-state index in [4.69, 9.17) is 51.5 Å². The largest absolute Gasteiger partial charge is 0.480 e. The second-order valence-electron chi connectivity index (χ2n) is 4.55. The van der Waals surface area contributed by atoms with Gasteiger partial charge in [0.1, 0.15) is 11.4 Å². The van der Waals surface area contributed by atoms with Crippen LogP contribution in [0.1, 0.15) is 0 Å². The van der Waals surface area contributed by atoms with Gasteiger partial charge in [0.05, 0.1) is 20.8 Å². The number of nitrogens with zero attached hydrogens (tertiary/aromatic N) is 1. The summed E-state index contributed by atoms with van der Waals surface area (Å²) in [6.07, 6.45) is 0. The van der Waals surface area contributed by atoms with Gasteiger partial charge in [-0.15, -0.1) is 0 Å². The van der Waals surface area contributed by atoms with Crippen LogP contribution in [0, 0.1) is 0 Å². The minimum Gasteiger partial charge on any atom is -0.480 e. The molecule has 0 unspecified atom stereocenters. The summed E-state index contributed by atoms with van der Waals surface area (Å²) in [5.41, 5.74) is -0.153. The summed E-state index contributed by atoms with van der Waals surface area (Å²) in [6.45, 7) is -0.894. The molecule has 2 aromatic carbocycles. The molecule has 0 fully saturated rings. The molecule has 0 bridgehead atoms. The third kappa shape index (κ3) is 3.90. The fraction of sp³-hybridized carbons (Fsp3) is 0.0714. The molecule has 0 aliphatic rings. The summed E-state index contributed by atoms with van der Waals surface area (Å²) in [4.78, 5) is 10.8. The van der Waals surface area contributed by atoms with E-state index in [0.717, 1.165) is 6.07 Å². The number of anilines is 1. The molecule has 0 amide bonds. The van der Waals surface area contributed by atoms with E-state index in [9.17, 15) is 13.2 Å². The fourth-order valence-corrected chi connectivity index (χ4v) is 4.82. The molecule has 10 heteroatoms. The zero-order valence-electron chi connectivity index (χ0n) is 11.7. The van der Waals surface area contributed by atoms with Gasteiger partial charge in [-0.25, -0.2) is 8.42 Å². The Morgan fingerprint density at radius 3 is 2.12 bits per heavy atom. The van der Waals surface area contributed by atoms with Crippen LogP contribution in [0.25, 0.3) is 0 Å². The second kappa shape index (κ2) is 7.37. The van der Waals surface area contributed by atoms with Crippen LogP contribution in [0.5, 0.6) is 0 Å². The first-order chi connectivity index (χ1) is 11.1. The molecular weight excluding hydrogens is 420 g/mol.